The summed E-state index contributed by atoms with van der Waals surface area (Å²) >= 11 is 0. The molecule has 9 nitrogen and oxygen atoms in total. The Balaban J connectivity index is 1.53. The van der Waals surface area contributed by atoms with Gasteiger partial charge in [-0.2, -0.15) is 4.98 Å². The van der Waals surface area contributed by atoms with Crippen molar-refractivity contribution in [3.05, 3.63) is 29.2 Å². The Labute approximate surface area is 145 Å². The molecular formula is C16H23N5O4. The summed E-state index contributed by atoms with van der Waals surface area (Å²) in [5.74, 6) is 1.81. The van der Waals surface area contributed by atoms with Crippen LogP contribution in [-0.2, 0) is 17.7 Å². The van der Waals surface area contributed by atoms with Crippen LogP contribution in [0.3, 0.4) is 0 Å². The molecule has 1 saturated heterocycles. The quantitative estimate of drug-likeness (QED) is 0.759. The van der Waals surface area contributed by atoms with Crippen LogP contribution in [0.5, 0.6) is 0 Å². The minimum Gasteiger partial charge on any atom is -0.384 e. The highest BCUT2D eigenvalue weighted by atomic mass is 16.5. The van der Waals surface area contributed by atoms with Gasteiger partial charge in [0.25, 0.3) is 5.91 Å². The Morgan fingerprint density at radius 3 is 2.88 bits per heavy atom. The second kappa shape index (κ2) is 8.21. The summed E-state index contributed by atoms with van der Waals surface area (Å²) in [5, 5.41) is 7.76. The first-order chi connectivity index (χ1) is 12.2. The summed E-state index contributed by atoms with van der Waals surface area (Å²) in [6, 6.07) is 1.67. The number of aromatic nitrogens is 3. The summed E-state index contributed by atoms with van der Waals surface area (Å²) in [7, 11) is 1.64. The summed E-state index contributed by atoms with van der Waals surface area (Å²) in [6.07, 6.45) is 1.52. The number of hydrogen-bond acceptors (Lipinski definition) is 8. The minimum absolute atomic E-state index is 0.0849. The van der Waals surface area contributed by atoms with Crippen molar-refractivity contribution in [2.75, 3.05) is 39.9 Å². The average molecular weight is 349 g/mol. The van der Waals surface area contributed by atoms with E-state index in [9.17, 15) is 4.79 Å². The highest BCUT2D eigenvalue weighted by Gasteiger charge is 2.23. The fraction of sp³-hybridized carbons (Fsp3) is 0.625. The van der Waals surface area contributed by atoms with Crippen molar-refractivity contribution in [3.63, 3.8) is 0 Å². The van der Waals surface area contributed by atoms with Crippen molar-refractivity contribution in [2.45, 2.75) is 26.3 Å². The number of amides is 1. The Bertz CT molecular complexity index is 698. The predicted molar refractivity (Wildman–Crippen MR) is 86.9 cm³/mol. The molecule has 0 N–H and O–H groups in total. The van der Waals surface area contributed by atoms with Crippen LogP contribution in [0.4, 0.5) is 0 Å². The zero-order valence-electron chi connectivity index (χ0n) is 14.6. The van der Waals surface area contributed by atoms with Gasteiger partial charge in [0.2, 0.25) is 5.89 Å². The van der Waals surface area contributed by atoms with Crippen LogP contribution in [0.1, 0.15) is 34.4 Å². The predicted octanol–water partition coefficient (Wildman–Crippen LogP) is 0.903. The molecule has 0 spiro atoms. The normalized spacial score (nSPS) is 16.2. The number of hydrogen-bond donors (Lipinski definition) is 0. The van der Waals surface area contributed by atoms with Gasteiger partial charge >= 0.3 is 0 Å². The van der Waals surface area contributed by atoms with E-state index in [1.807, 2.05) is 4.90 Å². The zero-order valence-corrected chi connectivity index (χ0v) is 14.6. The van der Waals surface area contributed by atoms with Crippen molar-refractivity contribution >= 4 is 5.91 Å². The van der Waals surface area contributed by atoms with E-state index in [0.717, 1.165) is 19.5 Å². The number of methoxy groups -OCH3 is 1. The van der Waals surface area contributed by atoms with Gasteiger partial charge in [-0.05, 0) is 13.3 Å². The van der Waals surface area contributed by atoms with Crippen LogP contribution in [0.25, 0.3) is 0 Å². The Hall–Kier alpha value is -2.26. The van der Waals surface area contributed by atoms with Crippen molar-refractivity contribution < 1.29 is 18.6 Å². The molecule has 1 aliphatic heterocycles. The first kappa shape index (κ1) is 17.6. The Morgan fingerprint density at radius 2 is 2.12 bits per heavy atom. The summed E-state index contributed by atoms with van der Waals surface area (Å²) in [6.45, 7) is 5.89. The van der Waals surface area contributed by atoms with Crippen LogP contribution in [0.2, 0.25) is 0 Å². The molecule has 1 amide bonds. The lowest BCUT2D eigenvalue weighted by molar-refractivity contribution is 0.0750. The number of carbonyl (C=O) groups is 1. The molecule has 0 unspecified atom stereocenters. The minimum atomic E-state index is -0.0849. The second-order valence-corrected chi connectivity index (χ2v) is 6.09. The van der Waals surface area contributed by atoms with Crippen LogP contribution >= 0.6 is 0 Å². The third kappa shape index (κ3) is 4.64. The monoisotopic (exact) mass is 349 g/mol. The van der Waals surface area contributed by atoms with E-state index in [2.05, 4.69) is 20.2 Å². The lowest BCUT2D eigenvalue weighted by Crippen LogP contribution is -2.35. The molecule has 2 aromatic rings. The maximum absolute atomic E-state index is 12.5. The van der Waals surface area contributed by atoms with E-state index < -0.39 is 0 Å². The summed E-state index contributed by atoms with van der Waals surface area (Å²) < 4.78 is 15.3. The molecule has 0 atom stereocenters. The Kier molecular flexibility index (Phi) is 5.77. The fourth-order valence-corrected chi connectivity index (χ4v) is 2.80. The van der Waals surface area contributed by atoms with Crippen molar-refractivity contribution in [1.82, 2.24) is 25.1 Å². The number of nitrogens with zero attached hydrogens (tertiary/aromatic N) is 5. The maximum atomic E-state index is 12.5. The Morgan fingerprint density at radius 1 is 1.24 bits per heavy atom. The van der Waals surface area contributed by atoms with Crippen LogP contribution in [0.15, 0.2) is 15.1 Å². The van der Waals surface area contributed by atoms with Crippen LogP contribution < -0.4 is 0 Å². The molecule has 136 valence electrons. The van der Waals surface area contributed by atoms with Crippen LogP contribution in [0, 0.1) is 6.92 Å². The van der Waals surface area contributed by atoms with Gasteiger partial charge in [-0.3, -0.25) is 9.69 Å². The smallest absolute Gasteiger partial charge is 0.276 e. The van der Waals surface area contributed by atoms with E-state index in [-0.39, 0.29) is 5.91 Å². The van der Waals surface area contributed by atoms with E-state index >= 15 is 0 Å². The molecule has 9 heteroatoms. The molecule has 25 heavy (non-hydrogen) atoms. The molecule has 2 aromatic heterocycles. The van der Waals surface area contributed by atoms with Gasteiger partial charge in [0.15, 0.2) is 11.5 Å². The topological polar surface area (TPSA) is 97.7 Å². The third-order valence-electron chi connectivity index (χ3n) is 4.12. The van der Waals surface area contributed by atoms with Gasteiger partial charge in [-0.15, -0.1) is 0 Å². The molecule has 1 fully saturated rings. The van der Waals surface area contributed by atoms with Crippen molar-refractivity contribution in [2.24, 2.45) is 0 Å². The fourth-order valence-electron chi connectivity index (χ4n) is 2.80. The highest BCUT2D eigenvalue weighted by molar-refractivity contribution is 5.92. The molecule has 0 radical (unpaired) electrons. The van der Waals surface area contributed by atoms with Crippen molar-refractivity contribution in [3.8, 4) is 0 Å². The standard InChI is InChI=1S/C16H23N5O4/c1-12-10-13(18-24-12)16(22)21-6-3-5-20(7-8-21)11-15-17-14(19-25-15)4-9-23-2/h10H,3-9,11H2,1-2H3. The van der Waals surface area contributed by atoms with Gasteiger partial charge < -0.3 is 18.7 Å². The molecule has 0 bridgehead atoms. The highest BCUT2D eigenvalue weighted by Crippen LogP contribution is 2.12. The maximum Gasteiger partial charge on any atom is 0.276 e. The number of aryl methyl sites for hydroxylation is 1. The molecule has 0 saturated carbocycles. The molecule has 1 aliphatic rings. The van der Waals surface area contributed by atoms with Gasteiger partial charge in [0.1, 0.15) is 5.76 Å². The first-order valence-electron chi connectivity index (χ1n) is 8.41. The molecular weight excluding hydrogens is 326 g/mol. The summed E-state index contributed by atoms with van der Waals surface area (Å²) in [5.41, 5.74) is 0.366. The van der Waals surface area contributed by atoms with E-state index in [4.69, 9.17) is 13.8 Å². The summed E-state index contributed by atoms with van der Waals surface area (Å²) in [4.78, 5) is 20.9. The van der Waals surface area contributed by atoms with Gasteiger partial charge in [0, 0.05) is 45.8 Å². The molecule has 3 heterocycles. The third-order valence-corrected chi connectivity index (χ3v) is 4.12. The lowest BCUT2D eigenvalue weighted by atomic mass is 10.3. The average Bonchev–Trinajstić information content (AvgIpc) is 3.17. The van der Waals surface area contributed by atoms with Gasteiger partial charge in [-0.1, -0.05) is 10.3 Å². The number of rotatable bonds is 6. The molecule has 0 aliphatic carbocycles. The van der Waals surface area contributed by atoms with Gasteiger partial charge in [0.05, 0.1) is 13.2 Å². The first-order valence-corrected chi connectivity index (χ1v) is 8.41. The largest absolute Gasteiger partial charge is 0.384 e. The van der Waals surface area contributed by atoms with E-state index in [0.29, 0.717) is 55.8 Å². The van der Waals surface area contributed by atoms with Crippen molar-refractivity contribution in [1.29, 1.82) is 0 Å². The number of ether oxygens (including phenoxy) is 1. The van der Waals surface area contributed by atoms with E-state index in [1.54, 1.807) is 20.1 Å². The van der Waals surface area contributed by atoms with E-state index in [1.165, 1.54) is 0 Å². The molecule has 0 aromatic carbocycles. The second-order valence-electron chi connectivity index (χ2n) is 6.09. The number of carbonyl (C=O) groups excluding carboxylic acids is 1. The van der Waals surface area contributed by atoms with Crippen LogP contribution in [-0.4, -0.2) is 70.9 Å². The zero-order chi connectivity index (χ0) is 17.6. The molecule has 3 rings (SSSR count). The SMILES string of the molecule is COCCc1noc(CN2CCCN(C(=O)c3cc(C)on3)CC2)n1. The lowest BCUT2D eigenvalue weighted by Gasteiger charge is -2.20. The van der Waals surface area contributed by atoms with Gasteiger partial charge in [-0.25, -0.2) is 0 Å².